The zero-order chi connectivity index (χ0) is 17.1. The zero-order valence-corrected chi connectivity index (χ0v) is 13.6. The molecule has 0 aliphatic heterocycles. The van der Waals surface area contributed by atoms with E-state index < -0.39 is 11.7 Å². The Morgan fingerprint density at radius 3 is 2.54 bits per heavy atom. The van der Waals surface area contributed by atoms with E-state index in [1.165, 1.54) is 18.2 Å². The quantitative estimate of drug-likeness (QED) is 0.720. The van der Waals surface area contributed by atoms with Gasteiger partial charge in [-0.25, -0.2) is 4.39 Å². The van der Waals surface area contributed by atoms with E-state index in [4.69, 9.17) is 11.6 Å². The molecule has 0 atom stereocenters. The first-order valence-electron chi connectivity index (χ1n) is 7.34. The highest BCUT2D eigenvalue weighted by molar-refractivity contribution is 6.31. The Kier molecular flexibility index (Phi) is 4.58. The Labute approximate surface area is 144 Å². The minimum atomic E-state index is -0.542. The third-order valence-corrected chi connectivity index (χ3v) is 3.81. The second-order valence-electron chi connectivity index (χ2n) is 5.27. The van der Waals surface area contributed by atoms with E-state index in [0.29, 0.717) is 16.3 Å². The summed E-state index contributed by atoms with van der Waals surface area (Å²) in [5.41, 5.74) is 2.73. The largest absolute Gasteiger partial charge is 0.319 e. The van der Waals surface area contributed by atoms with Gasteiger partial charge in [0, 0.05) is 10.6 Å². The number of halogens is 2. The highest BCUT2D eigenvalue weighted by atomic mass is 35.5. The van der Waals surface area contributed by atoms with E-state index in [2.05, 4.69) is 10.3 Å². The number of benzene rings is 2. The SMILES string of the molecule is Cc1nc(-c2ccccc2)ccc1C(=O)Nc1cc(Cl)ccc1F. The molecule has 0 bridgehead atoms. The van der Waals surface area contributed by atoms with Crippen LogP contribution in [0.15, 0.2) is 60.7 Å². The van der Waals surface area contributed by atoms with Crippen molar-refractivity contribution in [2.24, 2.45) is 0 Å². The van der Waals surface area contributed by atoms with Crippen molar-refractivity contribution in [2.75, 3.05) is 5.32 Å². The first kappa shape index (κ1) is 16.1. The molecule has 24 heavy (non-hydrogen) atoms. The number of carbonyl (C=O) groups is 1. The van der Waals surface area contributed by atoms with Crippen molar-refractivity contribution in [1.82, 2.24) is 4.98 Å². The van der Waals surface area contributed by atoms with Crippen LogP contribution in [-0.2, 0) is 0 Å². The molecule has 0 saturated heterocycles. The molecule has 0 saturated carbocycles. The number of rotatable bonds is 3. The van der Waals surface area contributed by atoms with Crippen LogP contribution in [0.1, 0.15) is 16.1 Å². The molecule has 120 valence electrons. The van der Waals surface area contributed by atoms with E-state index >= 15 is 0 Å². The lowest BCUT2D eigenvalue weighted by molar-refractivity contribution is 0.102. The summed E-state index contributed by atoms with van der Waals surface area (Å²) in [6.07, 6.45) is 0. The normalized spacial score (nSPS) is 10.5. The van der Waals surface area contributed by atoms with Crippen LogP contribution in [0.25, 0.3) is 11.3 Å². The van der Waals surface area contributed by atoms with Gasteiger partial charge >= 0.3 is 0 Å². The second-order valence-corrected chi connectivity index (χ2v) is 5.71. The molecule has 1 heterocycles. The predicted octanol–water partition coefficient (Wildman–Crippen LogP) is 5.10. The molecule has 0 spiro atoms. The van der Waals surface area contributed by atoms with Crippen LogP contribution < -0.4 is 5.32 Å². The van der Waals surface area contributed by atoms with Crippen molar-refractivity contribution in [1.29, 1.82) is 0 Å². The number of hydrogen-bond donors (Lipinski definition) is 1. The second kappa shape index (κ2) is 6.81. The van der Waals surface area contributed by atoms with Gasteiger partial charge in [-0.3, -0.25) is 9.78 Å². The van der Waals surface area contributed by atoms with Crippen molar-refractivity contribution in [2.45, 2.75) is 6.92 Å². The molecule has 3 aromatic rings. The minimum Gasteiger partial charge on any atom is -0.319 e. The van der Waals surface area contributed by atoms with Gasteiger partial charge in [0.2, 0.25) is 0 Å². The van der Waals surface area contributed by atoms with Crippen LogP contribution in [0.3, 0.4) is 0 Å². The number of amides is 1. The van der Waals surface area contributed by atoms with Crippen molar-refractivity contribution < 1.29 is 9.18 Å². The van der Waals surface area contributed by atoms with E-state index in [0.717, 1.165) is 11.3 Å². The van der Waals surface area contributed by atoms with Crippen LogP contribution in [0, 0.1) is 12.7 Å². The topological polar surface area (TPSA) is 42.0 Å². The van der Waals surface area contributed by atoms with Crippen molar-refractivity contribution in [3.63, 3.8) is 0 Å². The molecular formula is C19H14ClFN2O. The Morgan fingerprint density at radius 1 is 1.08 bits per heavy atom. The summed E-state index contributed by atoms with van der Waals surface area (Å²) in [4.78, 5) is 16.9. The lowest BCUT2D eigenvalue weighted by Gasteiger charge is -2.10. The molecular weight excluding hydrogens is 327 g/mol. The highest BCUT2D eigenvalue weighted by Crippen LogP contribution is 2.22. The number of hydrogen-bond acceptors (Lipinski definition) is 2. The van der Waals surface area contributed by atoms with Gasteiger partial charge in [-0.05, 0) is 37.3 Å². The van der Waals surface area contributed by atoms with Crippen LogP contribution in [-0.4, -0.2) is 10.9 Å². The maximum atomic E-state index is 13.7. The zero-order valence-electron chi connectivity index (χ0n) is 12.9. The Morgan fingerprint density at radius 2 is 1.83 bits per heavy atom. The van der Waals surface area contributed by atoms with Crippen molar-refractivity contribution in [3.05, 3.63) is 82.8 Å². The van der Waals surface area contributed by atoms with E-state index in [-0.39, 0.29) is 5.69 Å². The summed E-state index contributed by atoms with van der Waals surface area (Å²) in [7, 11) is 0. The van der Waals surface area contributed by atoms with Crippen LogP contribution in [0.2, 0.25) is 5.02 Å². The van der Waals surface area contributed by atoms with E-state index in [1.807, 2.05) is 30.3 Å². The van der Waals surface area contributed by atoms with Gasteiger partial charge in [-0.2, -0.15) is 0 Å². The van der Waals surface area contributed by atoms with Gasteiger partial charge in [0.1, 0.15) is 5.82 Å². The van der Waals surface area contributed by atoms with Crippen LogP contribution in [0.4, 0.5) is 10.1 Å². The van der Waals surface area contributed by atoms with Gasteiger partial charge in [-0.1, -0.05) is 41.9 Å². The Bertz CT molecular complexity index is 897. The summed E-state index contributed by atoms with van der Waals surface area (Å²) in [6, 6.07) is 17.1. The minimum absolute atomic E-state index is 0.0408. The van der Waals surface area contributed by atoms with Crippen molar-refractivity contribution >= 4 is 23.2 Å². The predicted molar refractivity (Wildman–Crippen MR) is 93.8 cm³/mol. The molecule has 0 fully saturated rings. The Balaban J connectivity index is 1.87. The third-order valence-electron chi connectivity index (χ3n) is 3.58. The van der Waals surface area contributed by atoms with Gasteiger partial charge < -0.3 is 5.32 Å². The molecule has 0 aliphatic rings. The maximum Gasteiger partial charge on any atom is 0.257 e. The molecule has 1 aromatic heterocycles. The summed E-state index contributed by atoms with van der Waals surface area (Å²) in [6.45, 7) is 1.75. The third kappa shape index (κ3) is 3.44. The number of aromatic nitrogens is 1. The summed E-state index contributed by atoms with van der Waals surface area (Å²) in [5, 5.41) is 2.88. The van der Waals surface area contributed by atoms with E-state index in [9.17, 15) is 9.18 Å². The first-order valence-corrected chi connectivity index (χ1v) is 7.72. The van der Waals surface area contributed by atoms with Crippen molar-refractivity contribution in [3.8, 4) is 11.3 Å². The number of nitrogens with one attached hydrogen (secondary N) is 1. The van der Waals surface area contributed by atoms with Gasteiger partial charge in [0.15, 0.2) is 0 Å². The maximum absolute atomic E-state index is 13.7. The monoisotopic (exact) mass is 340 g/mol. The fourth-order valence-corrected chi connectivity index (χ4v) is 2.53. The van der Waals surface area contributed by atoms with Gasteiger partial charge in [0.25, 0.3) is 5.91 Å². The fourth-order valence-electron chi connectivity index (χ4n) is 2.35. The molecule has 5 heteroatoms. The van der Waals surface area contributed by atoms with Gasteiger partial charge in [-0.15, -0.1) is 0 Å². The number of nitrogens with zero attached hydrogens (tertiary/aromatic N) is 1. The molecule has 3 rings (SSSR count). The highest BCUT2D eigenvalue weighted by Gasteiger charge is 2.14. The molecule has 2 aromatic carbocycles. The lowest BCUT2D eigenvalue weighted by atomic mass is 10.1. The first-order chi connectivity index (χ1) is 11.5. The average molecular weight is 341 g/mol. The lowest BCUT2D eigenvalue weighted by Crippen LogP contribution is -2.15. The number of pyridine rings is 1. The number of carbonyl (C=O) groups excluding carboxylic acids is 1. The Hall–Kier alpha value is -2.72. The fraction of sp³-hybridized carbons (Fsp3) is 0.0526. The summed E-state index contributed by atoms with van der Waals surface area (Å²) >= 11 is 5.84. The van der Waals surface area contributed by atoms with Crippen LogP contribution >= 0.6 is 11.6 Å². The molecule has 0 aliphatic carbocycles. The number of aryl methyl sites for hydroxylation is 1. The average Bonchev–Trinajstić information content (AvgIpc) is 2.58. The molecule has 1 amide bonds. The smallest absolute Gasteiger partial charge is 0.257 e. The summed E-state index contributed by atoms with van der Waals surface area (Å²) in [5.74, 6) is -0.972. The number of anilines is 1. The van der Waals surface area contributed by atoms with E-state index in [1.54, 1.807) is 19.1 Å². The molecule has 1 N–H and O–H groups in total. The molecule has 0 unspecified atom stereocenters. The van der Waals surface area contributed by atoms with Crippen LogP contribution in [0.5, 0.6) is 0 Å². The summed E-state index contributed by atoms with van der Waals surface area (Å²) < 4.78 is 13.7. The standard InChI is InChI=1S/C19H14ClFN2O/c1-12-15(8-10-17(22-12)13-5-3-2-4-6-13)19(24)23-18-11-14(20)7-9-16(18)21/h2-11H,1H3,(H,23,24). The molecule has 0 radical (unpaired) electrons. The van der Waals surface area contributed by atoms with Gasteiger partial charge in [0.05, 0.1) is 22.6 Å². The molecule has 3 nitrogen and oxygen atoms in total.